The molecule has 2 bridgehead atoms. The highest BCUT2D eigenvalue weighted by Crippen LogP contribution is 2.52. The molecule has 212 valence electrons. The maximum atomic E-state index is 14.3. The number of carbonyl (C=O) groups is 4. The number of hydrogen-bond donors (Lipinski definition) is 0. The number of alkyl halides is 2. The molecule has 0 radical (unpaired) electrons. The lowest BCUT2D eigenvalue weighted by Gasteiger charge is -2.53. The lowest BCUT2D eigenvalue weighted by atomic mass is 9.57. The molecule has 2 saturated heterocycles. The zero-order valence-corrected chi connectivity index (χ0v) is 23.7. The van der Waals surface area contributed by atoms with Crippen molar-refractivity contribution < 1.29 is 33.4 Å². The second-order valence-electron chi connectivity index (χ2n) is 10.2. The van der Waals surface area contributed by atoms with Crippen LogP contribution in [0.15, 0.2) is 36.4 Å². The first-order valence-electron chi connectivity index (χ1n) is 13.5. The average molecular weight is 581 g/mol. The molecule has 1 saturated carbocycles. The molecule has 4 aliphatic rings. The SMILES string of the molecule is CCOC(=O)[C@H]1[C@H]2OC(=O)[C@@H](C(=O)[C@@H]2[C@@H]([C@H]2CC=CCC2)N(CCCl)CCCl)[C@@H]1c1ccc(OC(C)=O)cc1. The number of allylic oxidation sites excluding steroid dienone is 2. The normalized spacial score (nSPS) is 28.7. The Labute approximate surface area is 238 Å². The Morgan fingerprint density at radius 2 is 1.79 bits per heavy atom. The van der Waals surface area contributed by atoms with Gasteiger partial charge in [0.15, 0.2) is 5.78 Å². The van der Waals surface area contributed by atoms with Crippen molar-refractivity contribution in [2.24, 2.45) is 23.7 Å². The zero-order chi connectivity index (χ0) is 28.1. The van der Waals surface area contributed by atoms with E-state index in [1.807, 2.05) is 0 Å². The number of ether oxygens (including phenoxy) is 3. The molecular formula is C29H35Cl2NO7. The first-order valence-corrected chi connectivity index (χ1v) is 14.6. The molecule has 39 heavy (non-hydrogen) atoms. The maximum absolute atomic E-state index is 14.3. The summed E-state index contributed by atoms with van der Waals surface area (Å²) in [6, 6.07) is 6.25. The number of esters is 3. The van der Waals surface area contributed by atoms with Gasteiger partial charge in [-0.2, -0.15) is 0 Å². The molecule has 2 heterocycles. The predicted octanol–water partition coefficient (Wildman–Crippen LogP) is 4.12. The van der Waals surface area contributed by atoms with Gasteiger partial charge in [-0.1, -0.05) is 24.3 Å². The summed E-state index contributed by atoms with van der Waals surface area (Å²) < 4.78 is 16.5. The largest absolute Gasteiger partial charge is 0.466 e. The Morgan fingerprint density at radius 1 is 1.10 bits per heavy atom. The monoisotopic (exact) mass is 579 g/mol. The number of nitrogens with zero attached hydrogens (tertiary/aromatic N) is 1. The van der Waals surface area contributed by atoms with E-state index in [0.29, 0.717) is 36.2 Å². The van der Waals surface area contributed by atoms with Crippen LogP contribution in [-0.2, 0) is 28.7 Å². The minimum absolute atomic E-state index is 0.109. The van der Waals surface area contributed by atoms with Crippen LogP contribution in [0.25, 0.3) is 0 Å². The van der Waals surface area contributed by atoms with Crippen LogP contribution in [0, 0.1) is 23.7 Å². The summed E-state index contributed by atoms with van der Waals surface area (Å²) in [5, 5.41) is 0. The Kier molecular flexibility index (Phi) is 10.1. The molecule has 0 aromatic heterocycles. The van der Waals surface area contributed by atoms with Crippen LogP contribution < -0.4 is 4.74 Å². The number of halogens is 2. The lowest BCUT2D eigenvalue weighted by Crippen LogP contribution is -2.67. The number of fused-ring (bicyclic) bond motifs is 3. The molecule has 1 aromatic carbocycles. The fraction of sp³-hybridized carbons (Fsp3) is 0.586. The highest BCUT2D eigenvalue weighted by molar-refractivity contribution is 6.18. The molecule has 5 rings (SSSR count). The quantitative estimate of drug-likeness (QED) is 0.127. The molecule has 0 unspecified atom stereocenters. The van der Waals surface area contributed by atoms with Gasteiger partial charge in [0.25, 0.3) is 0 Å². The van der Waals surface area contributed by atoms with Gasteiger partial charge >= 0.3 is 17.9 Å². The van der Waals surface area contributed by atoms with Crippen molar-refractivity contribution >= 4 is 46.9 Å². The van der Waals surface area contributed by atoms with Crippen LogP contribution in [0.3, 0.4) is 0 Å². The fourth-order valence-electron chi connectivity index (χ4n) is 6.58. The highest BCUT2D eigenvalue weighted by Gasteiger charge is 2.65. The van der Waals surface area contributed by atoms with Crippen molar-refractivity contribution in [3.05, 3.63) is 42.0 Å². The highest BCUT2D eigenvalue weighted by atomic mass is 35.5. The van der Waals surface area contributed by atoms with Crippen LogP contribution in [0.5, 0.6) is 5.75 Å². The lowest BCUT2D eigenvalue weighted by molar-refractivity contribution is -0.201. The molecule has 0 amide bonds. The number of Topliss-reactive ketones (excluding diaryl/α,β-unsaturated/α-hetero) is 1. The first-order chi connectivity index (χ1) is 18.8. The van der Waals surface area contributed by atoms with E-state index in [2.05, 4.69) is 17.1 Å². The van der Waals surface area contributed by atoms with Crippen molar-refractivity contribution in [3.63, 3.8) is 0 Å². The molecular weight excluding hydrogens is 545 g/mol. The van der Waals surface area contributed by atoms with E-state index in [4.69, 9.17) is 37.4 Å². The molecule has 7 atom stereocenters. The van der Waals surface area contributed by atoms with Crippen molar-refractivity contribution in [2.75, 3.05) is 31.5 Å². The third-order valence-electron chi connectivity index (χ3n) is 8.01. The van der Waals surface area contributed by atoms with Crippen LogP contribution in [0.4, 0.5) is 0 Å². The summed E-state index contributed by atoms with van der Waals surface area (Å²) >= 11 is 12.4. The minimum atomic E-state index is -1.16. The number of ketones is 1. The van der Waals surface area contributed by atoms with Crippen molar-refractivity contribution in [1.29, 1.82) is 0 Å². The first kappa shape index (κ1) is 29.6. The molecule has 2 aliphatic carbocycles. The van der Waals surface area contributed by atoms with Crippen LogP contribution in [0.1, 0.15) is 44.6 Å². The molecule has 0 N–H and O–H groups in total. The molecule has 3 fully saturated rings. The van der Waals surface area contributed by atoms with E-state index in [1.165, 1.54) is 6.92 Å². The maximum Gasteiger partial charge on any atom is 0.317 e. The van der Waals surface area contributed by atoms with Crippen molar-refractivity contribution in [2.45, 2.75) is 51.2 Å². The van der Waals surface area contributed by atoms with Gasteiger partial charge in [-0.15, -0.1) is 23.2 Å². The Hall–Kier alpha value is -2.42. The number of carbonyl (C=O) groups excluding carboxylic acids is 4. The summed E-state index contributed by atoms with van der Waals surface area (Å²) in [4.78, 5) is 54.5. The predicted molar refractivity (Wildman–Crippen MR) is 146 cm³/mol. The topological polar surface area (TPSA) is 99.2 Å². The summed E-state index contributed by atoms with van der Waals surface area (Å²) in [5.41, 5.74) is 0.609. The molecule has 2 aliphatic heterocycles. The second-order valence-corrected chi connectivity index (χ2v) is 11.0. The van der Waals surface area contributed by atoms with Gasteiger partial charge in [0.1, 0.15) is 23.7 Å². The third kappa shape index (κ3) is 6.18. The van der Waals surface area contributed by atoms with Gasteiger partial charge < -0.3 is 14.2 Å². The van der Waals surface area contributed by atoms with Gasteiger partial charge in [0.05, 0.1) is 12.5 Å². The number of rotatable bonds is 11. The molecule has 10 heteroatoms. The van der Waals surface area contributed by atoms with Gasteiger partial charge in [0.2, 0.25) is 0 Å². The average Bonchev–Trinajstić information content (AvgIpc) is 2.91. The van der Waals surface area contributed by atoms with Gasteiger partial charge in [-0.05, 0) is 49.8 Å². The minimum Gasteiger partial charge on any atom is -0.466 e. The fourth-order valence-corrected chi connectivity index (χ4v) is 7.01. The van der Waals surface area contributed by atoms with Gasteiger partial charge in [-0.25, -0.2) is 0 Å². The Morgan fingerprint density at radius 3 is 2.36 bits per heavy atom. The van der Waals surface area contributed by atoms with E-state index in [-0.39, 0.29) is 24.3 Å². The summed E-state index contributed by atoms with van der Waals surface area (Å²) in [6.07, 6.45) is 5.77. The number of hydrogen-bond acceptors (Lipinski definition) is 8. The van der Waals surface area contributed by atoms with Gasteiger partial charge in [-0.3, -0.25) is 24.1 Å². The Bertz CT molecular complexity index is 1090. The van der Waals surface area contributed by atoms with E-state index in [1.54, 1.807) is 31.2 Å². The second kappa shape index (κ2) is 13.3. The van der Waals surface area contributed by atoms with Crippen LogP contribution >= 0.6 is 23.2 Å². The molecule has 0 spiro atoms. The summed E-state index contributed by atoms with van der Waals surface area (Å²) in [5.74, 6) is -4.19. The number of benzene rings is 1. The smallest absolute Gasteiger partial charge is 0.317 e. The van der Waals surface area contributed by atoms with Crippen molar-refractivity contribution in [3.8, 4) is 5.75 Å². The standard InChI is InChI=1S/C29H35Cl2NO7/c1-3-37-28(35)23-21(18-9-11-20(12-10-18)38-17(2)33)22-26(34)24(27(23)39-29(22)36)25(19-7-5-4-6-8-19)32(15-13-30)16-14-31/h4-5,9-12,19,21-25,27H,3,6-8,13-16H2,1-2H3/t19-,21-,22+,23+,24-,25+,27+/m0/s1. The summed E-state index contributed by atoms with van der Waals surface area (Å²) in [7, 11) is 0. The van der Waals surface area contributed by atoms with Gasteiger partial charge in [0, 0.05) is 43.7 Å². The van der Waals surface area contributed by atoms with Crippen LogP contribution in [0.2, 0.25) is 0 Å². The summed E-state index contributed by atoms with van der Waals surface area (Å²) in [6.45, 7) is 4.20. The van der Waals surface area contributed by atoms with E-state index in [0.717, 1.165) is 19.3 Å². The Balaban J connectivity index is 1.78. The third-order valence-corrected chi connectivity index (χ3v) is 8.34. The molecule has 1 aromatic rings. The van der Waals surface area contributed by atoms with E-state index >= 15 is 0 Å². The van der Waals surface area contributed by atoms with E-state index in [9.17, 15) is 19.2 Å². The molecule has 8 nitrogen and oxygen atoms in total. The van der Waals surface area contributed by atoms with Crippen LogP contribution in [-0.4, -0.2) is 72.2 Å². The van der Waals surface area contributed by atoms with E-state index < -0.39 is 47.7 Å². The van der Waals surface area contributed by atoms with Crippen molar-refractivity contribution in [1.82, 2.24) is 4.90 Å². The zero-order valence-electron chi connectivity index (χ0n) is 22.2.